The Hall–Kier alpha value is -1.38. The smallest absolute Gasteiger partial charge is 0.0926 e. The van der Waals surface area contributed by atoms with E-state index in [0.29, 0.717) is 12.1 Å². The average Bonchev–Trinajstić information content (AvgIpc) is 2.70. The highest BCUT2D eigenvalue weighted by atomic mass is 16.3. The summed E-state index contributed by atoms with van der Waals surface area (Å²) in [7, 11) is 2.21. The predicted molar refractivity (Wildman–Crippen MR) is 81.7 cm³/mol. The first-order valence-electron chi connectivity index (χ1n) is 7.59. The van der Waals surface area contributed by atoms with E-state index >= 15 is 0 Å². The molecule has 1 N–H and O–H groups in total. The van der Waals surface area contributed by atoms with E-state index in [4.69, 9.17) is 0 Å². The summed E-state index contributed by atoms with van der Waals surface area (Å²) in [4.78, 5) is 2.47. The number of fused-ring (bicyclic) bond motifs is 3. The van der Waals surface area contributed by atoms with E-state index in [1.165, 1.54) is 23.6 Å². The number of aliphatic hydroxyl groups is 1. The molecule has 0 spiro atoms. The third-order valence-electron chi connectivity index (χ3n) is 5.42. The molecule has 0 amide bonds. The Labute approximate surface area is 120 Å². The van der Waals surface area contributed by atoms with Gasteiger partial charge in [0, 0.05) is 12.1 Å². The molecule has 0 radical (unpaired) electrons. The van der Waals surface area contributed by atoms with Crippen molar-refractivity contribution in [2.24, 2.45) is 0 Å². The fraction of sp³-hybridized carbons (Fsp3) is 0.444. The molecule has 2 aromatic carbocycles. The molecule has 2 fully saturated rings. The minimum atomic E-state index is -0.637. The van der Waals surface area contributed by atoms with E-state index < -0.39 is 5.60 Å². The lowest BCUT2D eigenvalue weighted by molar-refractivity contribution is -0.0492. The Morgan fingerprint density at radius 3 is 2.35 bits per heavy atom. The normalized spacial score (nSPS) is 33.7. The Kier molecular flexibility index (Phi) is 2.66. The minimum absolute atomic E-state index is 0.547. The van der Waals surface area contributed by atoms with E-state index in [2.05, 4.69) is 54.4 Å². The van der Waals surface area contributed by atoms with Crippen LogP contribution in [-0.4, -0.2) is 29.1 Å². The van der Waals surface area contributed by atoms with Gasteiger partial charge in [-0.25, -0.2) is 0 Å². The van der Waals surface area contributed by atoms with Gasteiger partial charge in [-0.2, -0.15) is 0 Å². The summed E-state index contributed by atoms with van der Waals surface area (Å²) in [6, 6.07) is 15.9. The molecule has 2 saturated heterocycles. The summed E-state index contributed by atoms with van der Waals surface area (Å²) in [5.41, 5.74) is 0.462. The SMILES string of the molecule is CN1C2CCC1CC(O)(c1ccc3ccccc3c1)C2. The first kappa shape index (κ1) is 12.4. The van der Waals surface area contributed by atoms with Crippen molar-refractivity contribution in [2.45, 2.75) is 43.4 Å². The number of hydrogen-bond acceptors (Lipinski definition) is 2. The van der Waals surface area contributed by atoms with Crippen LogP contribution >= 0.6 is 0 Å². The van der Waals surface area contributed by atoms with Crippen molar-refractivity contribution in [1.82, 2.24) is 4.90 Å². The predicted octanol–water partition coefficient (Wildman–Crippen LogP) is 3.28. The maximum Gasteiger partial charge on any atom is 0.0926 e. The molecule has 0 aromatic heterocycles. The number of benzene rings is 2. The molecular formula is C18H21NO. The van der Waals surface area contributed by atoms with Crippen LogP contribution in [0.25, 0.3) is 10.8 Å². The summed E-state index contributed by atoms with van der Waals surface area (Å²) >= 11 is 0. The molecule has 0 saturated carbocycles. The van der Waals surface area contributed by atoms with Crippen LogP contribution in [0.2, 0.25) is 0 Å². The number of nitrogens with zero attached hydrogens (tertiary/aromatic N) is 1. The van der Waals surface area contributed by atoms with Crippen molar-refractivity contribution in [3.05, 3.63) is 48.0 Å². The summed E-state index contributed by atoms with van der Waals surface area (Å²) in [5.74, 6) is 0. The van der Waals surface area contributed by atoms with Crippen LogP contribution in [0.4, 0.5) is 0 Å². The number of rotatable bonds is 1. The highest BCUT2D eigenvalue weighted by molar-refractivity contribution is 5.83. The molecule has 2 aromatic rings. The van der Waals surface area contributed by atoms with Gasteiger partial charge >= 0.3 is 0 Å². The maximum absolute atomic E-state index is 11.2. The molecule has 2 heteroatoms. The van der Waals surface area contributed by atoms with Crippen molar-refractivity contribution in [1.29, 1.82) is 0 Å². The van der Waals surface area contributed by atoms with Crippen LogP contribution in [0.3, 0.4) is 0 Å². The van der Waals surface area contributed by atoms with E-state index in [0.717, 1.165) is 18.4 Å². The van der Waals surface area contributed by atoms with E-state index in [1.807, 2.05) is 0 Å². The van der Waals surface area contributed by atoms with Gasteiger partial charge in [0.2, 0.25) is 0 Å². The van der Waals surface area contributed by atoms with Crippen molar-refractivity contribution in [3.63, 3.8) is 0 Å². The lowest BCUT2D eigenvalue weighted by Crippen LogP contribution is -2.47. The Morgan fingerprint density at radius 2 is 1.65 bits per heavy atom. The van der Waals surface area contributed by atoms with Gasteiger partial charge in [0.25, 0.3) is 0 Å². The van der Waals surface area contributed by atoms with Gasteiger partial charge in [0.1, 0.15) is 0 Å². The van der Waals surface area contributed by atoms with Crippen molar-refractivity contribution in [2.75, 3.05) is 7.05 Å². The summed E-state index contributed by atoms with van der Waals surface area (Å²) in [6.07, 6.45) is 4.21. The maximum atomic E-state index is 11.2. The molecule has 2 nitrogen and oxygen atoms in total. The quantitative estimate of drug-likeness (QED) is 0.857. The second kappa shape index (κ2) is 4.31. The Bertz CT molecular complexity index is 637. The first-order valence-corrected chi connectivity index (χ1v) is 7.59. The molecule has 2 bridgehead atoms. The third kappa shape index (κ3) is 1.79. The van der Waals surface area contributed by atoms with Crippen LogP contribution in [0, 0.1) is 0 Å². The van der Waals surface area contributed by atoms with Crippen molar-refractivity contribution in [3.8, 4) is 0 Å². The van der Waals surface area contributed by atoms with Gasteiger partial charge in [-0.15, -0.1) is 0 Å². The van der Waals surface area contributed by atoms with E-state index in [-0.39, 0.29) is 0 Å². The molecule has 2 aliphatic rings. The summed E-state index contributed by atoms with van der Waals surface area (Å²) in [6.45, 7) is 0. The lowest BCUT2D eigenvalue weighted by atomic mass is 9.80. The summed E-state index contributed by atoms with van der Waals surface area (Å²) < 4.78 is 0. The fourth-order valence-electron chi connectivity index (χ4n) is 4.16. The van der Waals surface area contributed by atoms with Crippen LogP contribution in [0.5, 0.6) is 0 Å². The zero-order chi connectivity index (χ0) is 13.7. The molecule has 2 atom stereocenters. The summed E-state index contributed by atoms with van der Waals surface area (Å²) in [5, 5.41) is 13.6. The zero-order valence-electron chi connectivity index (χ0n) is 11.9. The van der Waals surface area contributed by atoms with Gasteiger partial charge in [-0.1, -0.05) is 36.4 Å². The molecule has 0 aliphatic carbocycles. The zero-order valence-corrected chi connectivity index (χ0v) is 11.9. The minimum Gasteiger partial charge on any atom is -0.385 e. The fourth-order valence-corrected chi connectivity index (χ4v) is 4.16. The van der Waals surface area contributed by atoms with Crippen LogP contribution in [0.1, 0.15) is 31.2 Å². The highest BCUT2D eigenvalue weighted by Gasteiger charge is 2.46. The molecule has 4 rings (SSSR count). The molecule has 2 heterocycles. The molecule has 104 valence electrons. The van der Waals surface area contributed by atoms with Crippen LogP contribution in [0.15, 0.2) is 42.5 Å². The van der Waals surface area contributed by atoms with Crippen molar-refractivity contribution >= 4 is 10.8 Å². The Morgan fingerprint density at radius 1 is 1.00 bits per heavy atom. The second-order valence-corrected chi connectivity index (χ2v) is 6.55. The van der Waals surface area contributed by atoms with Gasteiger partial charge in [0.15, 0.2) is 0 Å². The monoisotopic (exact) mass is 267 g/mol. The molecule has 20 heavy (non-hydrogen) atoms. The van der Waals surface area contributed by atoms with Crippen LogP contribution in [-0.2, 0) is 5.60 Å². The van der Waals surface area contributed by atoms with E-state index in [1.54, 1.807) is 0 Å². The third-order valence-corrected chi connectivity index (χ3v) is 5.42. The van der Waals surface area contributed by atoms with Gasteiger partial charge in [-0.05, 0) is 55.1 Å². The molecule has 2 aliphatic heterocycles. The van der Waals surface area contributed by atoms with Gasteiger partial charge in [0.05, 0.1) is 5.60 Å². The van der Waals surface area contributed by atoms with Gasteiger partial charge in [-0.3, -0.25) is 0 Å². The average molecular weight is 267 g/mol. The van der Waals surface area contributed by atoms with Crippen LogP contribution < -0.4 is 0 Å². The molecular weight excluding hydrogens is 246 g/mol. The highest BCUT2D eigenvalue weighted by Crippen LogP contribution is 2.45. The molecule has 2 unspecified atom stereocenters. The Balaban J connectivity index is 1.75. The standard InChI is InChI=1S/C18H21NO/c1-19-16-8-9-17(19)12-18(20,11-16)15-7-6-13-4-2-3-5-14(13)10-15/h2-7,10,16-17,20H,8-9,11-12H2,1H3. The largest absolute Gasteiger partial charge is 0.385 e. The van der Waals surface area contributed by atoms with E-state index in [9.17, 15) is 5.11 Å². The number of hydrogen-bond donors (Lipinski definition) is 1. The van der Waals surface area contributed by atoms with Gasteiger partial charge < -0.3 is 10.0 Å². The second-order valence-electron chi connectivity index (χ2n) is 6.55. The first-order chi connectivity index (χ1) is 9.66. The lowest BCUT2D eigenvalue weighted by Gasteiger charge is -2.42. The van der Waals surface area contributed by atoms with Crippen molar-refractivity contribution < 1.29 is 5.11 Å². The topological polar surface area (TPSA) is 23.5 Å². The number of piperidine rings is 1.